The number of morpholine rings is 1. The van der Waals surface area contributed by atoms with Gasteiger partial charge in [-0.2, -0.15) is 4.31 Å². The summed E-state index contributed by atoms with van der Waals surface area (Å²) in [5.74, 6) is 0. The Hall–Kier alpha value is -0.950. The van der Waals surface area contributed by atoms with Crippen LogP contribution in [0.15, 0.2) is 29.2 Å². The second-order valence-electron chi connectivity index (χ2n) is 6.09. The minimum absolute atomic E-state index is 0.0917. The van der Waals surface area contributed by atoms with Crippen molar-refractivity contribution in [3.8, 4) is 0 Å². The molecule has 0 aromatic heterocycles. The Bertz CT molecular complexity index is 590. The average Bonchev–Trinajstić information content (AvgIpc) is 2.44. The summed E-state index contributed by atoms with van der Waals surface area (Å²) >= 11 is 0. The zero-order chi connectivity index (χ0) is 16.3. The van der Waals surface area contributed by atoms with Gasteiger partial charge in [0.15, 0.2) is 0 Å². The quantitative estimate of drug-likeness (QED) is 0.833. The van der Waals surface area contributed by atoms with Gasteiger partial charge in [0.05, 0.1) is 29.8 Å². The van der Waals surface area contributed by atoms with Crippen LogP contribution in [0.1, 0.15) is 33.3 Å². The number of nitrogens with zero attached hydrogens (tertiary/aromatic N) is 1. The Labute approximate surface area is 133 Å². The summed E-state index contributed by atoms with van der Waals surface area (Å²) in [5, 5.41) is 0. The van der Waals surface area contributed by atoms with Crippen LogP contribution in [-0.4, -0.2) is 44.1 Å². The minimum Gasteiger partial charge on any atom is -0.374 e. The van der Waals surface area contributed by atoms with Gasteiger partial charge in [0, 0.05) is 13.1 Å². The van der Waals surface area contributed by atoms with E-state index in [4.69, 9.17) is 9.47 Å². The molecular weight excluding hydrogens is 302 g/mol. The average molecular weight is 327 g/mol. The maximum Gasteiger partial charge on any atom is 0.243 e. The van der Waals surface area contributed by atoms with Crippen molar-refractivity contribution in [3.63, 3.8) is 0 Å². The summed E-state index contributed by atoms with van der Waals surface area (Å²) in [4.78, 5) is 0.318. The third-order valence-electron chi connectivity index (χ3n) is 3.51. The molecule has 1 fully saturated rings. The summed E-state index contributed by atoms with van der Waals surface area (Å²) < 4.78 is 38.3. The Kier molecular flexibility index (Phi) is 5.60. The van der Waals surface area contributed by atoms with Crippen molar-refractivity contribution in [2.45, 2.75) is 57.5 Å². The SMILES string of the molecule is CC(C)OCc1cccc(S(=O)(=O)N2C[C@@H](C)O[C@@H](C)C2)c1. The highest BCUT2D eigenvalue weighted by Gasteiger charge is 2.32. The molecule has 2 rings (SSSR count). The van der Waals surface area contributed by atoms with Crippen LogP contribution in [0.3, 0.4) is 0 Å². The molecule has 0 unspecified atom stereocenters. The maximum absolute atomic E-state index is 12.8. The zero-order valence-electron chi connectivity index (χ0n) is 13.7. The Morgan fingerprint density at radius 3 is 2.50 bits per heavy atom. The number of hydrogen-bond acceptors (Lipinski definition) is 4. The van der Waals surface area contributed by atoms with Gasteiger partial charge in [0.25, 0.3) is 0 Å². The van der Waals surface area contributed by atoms with Crippen molar-refractivity contribution in [3.05, 3.63) is 29.8 Å². The lowest BCUT2D eigenvalue weighted by molar-refractivity contribution is -0.0440. The molecule has 124 valence electrons. The van der Waals surface area contributed by atoms with E-state index in [0.29, 0.717) is 24.6 Å². The standard InChI is InChI=1S/C16H25NO4S/c1-12(2)20-11-15-6-5-7-16(8-15)22(18,19)17-9-13(3)21-14(4)10-17/h5-8,12-14H,9-11H2,1-4H3/t13-,14+. The normalized spacial score (nSPS) is 23.9. The zero-order valence-corrected chi connectivity index (χ0v) is 14.5. The molecule has 1 heterocycles. The molecule has 2 atom stereocenters. The van der Waals surface area contributed by atoms with Crippen LogP contribution in [0.4, 0.5) is 0 Å². The second kappa shape index (κ2) is 7.08. The van der Waals surface area contributed by atoms with Crippen LogP contribution in [0, 0.1) is 0 Å². The van der Waals surface area contributed by atoms with E-state index in [9.17, 15) is 8.42 Å². The third kappa shape index (κ3) is 4.29. The van der Waals surface area contributed by atoms with E-state index in [1.807, 2.05) is 33.8 Å². The molecule has 1 saturated heterocycles. The Morgan fingerprint density at radius 1 is 1.27 bits per heavy atom. The lowest BCUT2D eigenvalue weighted by Gasteiger charge is -2.34. The van der Waals surface area contributed by atoms with E-state index in [-0.39, 0.29) is 18.3 Å². The molecule has 0 bridgehead atoms. The van der Waals surface area contributed by atoms with E-state index in [0.717, 1.165) is 5.56 Å². The van der Waals surface area contributed by atoms with E-state index in [1.165, 1.54) is 4.31 Å². The number of benzene rings is 1. The predicted octanol–water partition coefficient (Wildman–Crippen LogP) is 2.41. The summed E-state index contributed by atoms with van der Waals surface area (Å²) in [6.45, 7) is 8.89. The van der Waals surface area contributed by atoms with Crippen LogP contribution in [0.25, 0.3) is 0 Å². The largest absolute Gasteiger partial charge is 0.374 e. The van der Waals surface area contributed by atoms with Gasteiger partial charge in [-0.1, -0.05) is 12.1 Å². The molecule has 0 aliphatic carbocycles. The van der Waals surface area contributed by atoms with Crippen molar-refractivity contribution in [1.82, 2.24) is 4.31 Å². The molecule has 1 aromatic rings. The molecule has 1 aliphatic rings. The van der Waals surface area contributed by atoms with Crippen LogP contribution < -0.4 is 0 Å². The van der Waals surface area contributed by atoms with Crippen molar-refractivity contribution >= 4 is 10.0 Å². The Balaban J connectivity index is 2.20. The lowest BCUT2D eigenvalue weighted by atomic mass is 10.2. The van der Waals surface area contributed by atoms with Crippen molar-refractivity contribution < 1.29 is 17.9 Å². The molecule has 0 N–H and O–H groups in total. The van der Waals surface area contributed by atoms with Crippen molar-refractivity contribution in [2.24, 2.45) is 0 Å². The van der Waals surface area contributed by atoms with E-state index < -0.39 is 10.0 Å². The summed E-state index contributed by atoms with van der Waals surface area (Å²) in [6.07, 6.45) is -0.0711. The molecule has 1 aromatic carbocycles. The predicted molar refractivity (Wildman–Crippen MR) is 85.1 cm³/mol. The van der Waals surface area contributed by atoms with Gasteiger partial charge in [0.2, 0.25) is 10.0 Å². The van der Waals surface area contributed by atoms with E-state index in [1.54, 1.807) is 18.2 Å². The fraction of sp³-hybridized carbons (Fsp3) is 0.625. The first-order valence-electron chi connectivity index (χ1n) is 7.65. The van der Waals surface area contributed by atoms with Crippen LogP contribution in [-0.2, 0) is 26.1 Å². The number of rotatable bonds is 5. The molecule has 0 radical (unpaired) electrons. The summed E-state index contributed by atoms with van der Waals surface area (Å²) in [5.41, 5.74) is 0.865. The topological polar surface area (TPSA) is 55.8 Å². The maximum atomic E-state index is 12.8. The molecule has 0 saturated carbocycles. The first-order chi connectivity index (χ1) is 10.3. The van der Waals surface area contributed by atoms with Crippen molar-refractivity contribution in [1.29, 1.82) is 0 Å². The highest BCUT2D eigenvalue weighted by molar-refractivity contribution is 7.89. The number of hydrogen-bond donors (Lipinski definition) is 0. The van der Waals surface area contributed by atoms with Gasteiger partial charge in [-0.25, -0.2) is 8.42 Å². The first kappa shape index (κ1) is 17.4. The van der Waals surface area contributed by atoms with Gasteiger partial charge < -0.3 is 9.47 Å². The lowest BCUT2D eigenvalue weighted by Crippen LogP contribution is -2.48. The van der Waals surface area contributed by atoms with Gasteiger partial charge in [-0.05, 0) is 45.4 Å². The highest BCUT2D eigenvalue weighted by Crippen LogP contribution is 2.22. The van der Waals surface area contributed by atoms with E-state index >= 15 is 0 Å². The molecule has 22 heavy (non-hydrogen) atoms. The third-order valence-corrected chi connectivity index (χ3v) is 5.33. The Morgan fingerprint density at radius 2 is 1.91 bits per heavy atom. The number of ether oxygens (including phenoxy) is 2. The van der Waals surface area contributed by atoms with Crippen LogP contribution >= 0.6 is 0 Å². The fourth-order valence-corrected chi connectivity index (χ4v) is 4.20. The van der Waals surface area contributed by atoms with Crippen molar-refractivity contribution in [2.75, 3.05) is 13.1 Å². The minimum atomic E-state index is -3.49. The van der Waals surface area contributed by atoms with Gasteiger partial charge >= 0.3 is 0 Å². The summed E-state index contributed by atoms with van der Waals surface area (Å²) in [6, 6.07) is 6.98. The van der Waals surface area contributed by atoms with Gasteiger partial charge in [-0.3, -0.25) is 0 Å². The van der Waals surface area contributed by atoms with Crippen LogP contribution in [0.5, 0.6) is 0 Å². The molecule has 0 amide bonds. The smallest absolute Gasteiger partial charge is 0.243 e. The molecule has 0 spiro atoms. The molecule has 1 aliphatic heterocycles. The molecule has 5 nitrogen and oxygen atoms in total. The van der Waals surface area contributed by atoms with Gasteiger partial charge in [-0.15, -0.1) is 0 Å². The highest BCUT2D eigenvalue weighted by atomic mass is 32.2. The van der Waals surface area contributed by atoms with Gasteiger partial charge in [0.1, 0.15) is 0 Å². The fourth-order valence-electron chi connectivity index (χ4n) is 2.53. The summed E-state index contributed by atoms with van der Waals surface area (Å²) in [7, 11) is -3.49. The molecular formula is C16H25NO4S. The monoisotopic (exact) mass is 327 g/mol. The molecule has 6 heteroatoms. The van der Waals surface area contributed by atoms with Crippen LogP contribution in [0.2, 0.25) is 0 Å². The first-order valence-corrected chi connectivity index (χ1v) is 9.09. The second-order valence-corrected chi connectivity index (χ2v) is 8.02. The van der Waals surface area contributed by atoms with E-state index in [2.05, 4.69) is 0 Å². The number of sulfonamides is 1.